The third-order valence-electron chi connectivity index (χ3n) is 3.19. The summed E-state index contributed by atoms with van der Waals surface area (Å²) < 4.78 is 13.2. The Bertz CT molecular complexity index is 468. The molecular formula is C14H21FNOPSY. The smallest absolute Gasteiger partial charge is 0.263 e. The van der Waals surface area contributed by atoms with Gasteiger partial charge in [-0.3, -0.25) is 4.79 Å². The fourth-order valence-electron chi connectivity index (χ4n) is 2.22. The van der Waals surface area contributed by atoms with E-state index >= 15 is 0 Å². The molecule has 1 atom stereocenters. The number of anilines is 1. The van der Waals surface area contributed by atoms with Crippen molar-refractivity contribution in [1.29, 1.82) is 0 Å². The predicted octanol–water partition coefficient (Wildman–Crippen LogP) is 3.90. The molecule has 0 saturated carbocycles. The molecule has 2 nitrogen and oxygen atoms in total. The first-order chi connectivity index (χ1) is 8.66. The van der Waals surface area contributed by atoms with Gasteiger partial charge in [-0.1, -0.05) is 6.92 Å². The maximum absolute atomic E-state index is 13.2. The van der Waals surface area contributed by atoms with Crippen molar-refractivity contribution in [3.63, 3.8) is 0 Å². The van der Waals surface area contributed by atoms with Crippen LogP contribution >= 0.6 is 6.46 Å². The number of benzene rings is 1. The van der Waals surface area contributed by atoms with E-state index in [0.717, 1.165) is 17.5 Å². The Hall–Kier alpha value is 0.504. The maximum atomic E-state index is 13.2. The Balaban J connectivity index is 0.00000361. The molecule has 109 valence electrons. The van der Waals surface area contributed by atoms with Crippen molar-refractivity contribution in [3.8, 4) is 0 Å². The minimum atomic E-state index is -1.66. The molecule has 1 aromatic rings. The third kappa shape index (κ3) is 5.37. The molecule has 1 amide bonds. The molecule has 1 unspecified atom stereocenters. The SMILES string of the molecule is CCC(C(=O)Nc1c(C)cc(F)cc1C)[P+](C)(C)[S-].[Y]. The van der Waals surface area contributed by atoms with E-state index in [9.17, 15) is 9.18 Å². The Morgan fingerprint density at radius 1 is 1.35 bits per heavy atom. The van der Waals surface area contributed by atoms with Crippen LogP contribution in [0, 0.1) is 19.7 Å². The van der Waals surface area contributed by atoms with E-state index in [1.165, 1.54) is 12.1 Å². The zero-order valence-corrected chi connectivity index (χ0v) is 17.2. The summed E-state index contributed by atoms with van der Waals surface area (Å²) in [5, 5.41) is 2.92. The molecule has 0 heterocycles. The summed E-state index contributed by atoms with van der Waals surface area (Å²) in [4.78, 5) is 12.3. The molecule has 0 aliphatic rings. The predicted molar refractivity (Wildman–Crippen MR) is 84.7 cm³/mol. The molecule has 1 N–H and O–H groups in total. The zero-order valence-electron chi connectivity index (χ0n) is 12.7. The molecule has 0 bridgehead atoms. The standard InChI is InChI=1S/C14H21FNOPS.Y/c1-6-12(18(4,5)19)14(17)16-13-9(2)7-11(15)8-10(13)3;/h7-8,12H,6H2,1-5H3,(H,16,17);. The van der Waals surface area contributed by atoms with Gasteiger partial charge in [0, 0.05) is 51.7 Å². The van der Waals surface area contributed by atoms with Crippen molar-refractivity contribution < 1.29 is 41.9 Å². The summed E-state index contributed by atoms with van der Waals surface area (Å²) in [6.07, 6.45) is 0.732. The zero-order chi connectivity index (χ0) is 14.8. The van der Waals surface area contributed by atoms with Crippen LogP contribution in [0.15, 0.2) is 12.1 Å². The Kier molecular flexibility index (Phi) is 8.43. The minimum absolute atomic E-state index is 0. The molecule has 1 rings (SSSR count). The van der Waals surface area contributed by atoms with E-state index in [-0.39, 0.29) is 50.1 Å². The third-order valence-corrected chi connectivity index (χ3v) is 6.05. The van der Waals surface area contributed by atoms with Crippen LogP contribution in [0.2, 0.25) is 0 Å². The van der Waals surface area contributed by atoms with Crippen molar-refractivity contribution in [2.75, 3.05) is 18.6 Å². The van der Waals surface area contributed by atoms with E-state index in [0.29, 0.717) is 5.69 Å². The van der Waals surface area contributed by atoms with E-state index in [2.05, 4.69) is 5.32 Å². The number of nitrogens with one attached hydrogen (secondary N) is 1. The molecule has 20 heavy (non-hydrogen) atoms. The normalized spacial score (nSPS) is 12.6. The van der Waals surface area contributed by atoms with Gasteiger partial charge in [-0.05, 0) is 43.5 Å². The van der Waals surface area contributed by atoms with Crippen molar-refractivity contribution in [2.45, 2.75) is 32.9 Å². The van der Waals surface area contributed by atoms with Crippen LogP contribution < -0.4 is 5.32 Å². The average molecular weight is 390 g/mol. The van der Waals surface area contributed by atoms with Crippen LogP contribution in [0.25, 0.3) is 0 Å². The number of rotatable bonds is 4. The number of carbonyl (C=O) groups excluding carboxylic acids is 1. The summed E-state index contributed by atoms with van der Waals surface area (Å²) in [7, 11) is 0. The van der Waals surface area contributed by atoms with Gasteiger partial charge in [0.15, 0.2) is 0 Å². The van der Waals surface area contributed by atoms with Gasteiger partial charge in [0.25, 0.3) is 5.91 Å². The van der Waals surface area contributed by atoms with E-state index in [4.69, 9.17) is 12.2 Å². The monoisotopic (exact) mass is 390 g/mol. The number of carbonyl (C=O) groups is 1. The molecule has 0 saturated heterocycles. The van der Waals surface area contributed by atoms with Gasteiger partial charge in [-0.15, -0.1) is 6.46 Å². The van der Waals surface area contributed by atoms with Gasteiger partial charge in [-0.2, -0.15) is 0 Å². The Labute approximate surface area is 152 Å². The fourth-order valence-corrected chi connectivity index (χ4v) is 4.46. The molecule has 0 aliphatic heterocycles. The molecule has 0 fully saturated rings. The molecule has 6 heteroatoms. The van der Waals surface area contributed by atoms with Gasteiger partial charge in [0.05, 0.1) is 0 Å². The summed E-state index contributed by atoms with van der Waals surface area (Å²) >= 11 is 5.47. The van der Waals surface area contributed by atoms with Gasteiger partial charge >= 0.3 is 0 Å². The molecule has 1 radical (unpaired) electrons. The van der Waals surface area contributed by atoms with Crippen molar-refractivity contribution in [1.82, 2.24) is 0 Å². The fraction of sp³-hybridized carbons (Fsp3) is 0.500. The van der Waals surface area contributed by atoms with Gasteiger partial charge in [0.2, 0.25) is 0 Å². The molecule has 1 aromatic carbocycles. The van der Waals surface area contributed by atoms with Gasteiger partial charge < -0.3 is 17.6 Å². The number of halogens is 1. The van der Waals surface area contributed by atoms with Crippen molar-refractivity contribution in [3.05, 3.63) is 29.1 Å². The minimum Gasteiger partial charge on any atom is -0.556 e. The largest absolute Gasteiger partial charge is 0.556 e. The van der Waals surface area contributed by atoms with Crippen molar-refractivity contribution in [2.24, 2.45) is 0 Å². The molecule has 0 aromatic heterocycles. The van der Waals surface area contributed by atoms with Crippen molar-refractivity contribution >= 4 is 30.3 Å². The first-order valence-electron chi connectivity index (χ1n) is 6.29. The molecule has 0 spiro atoms. The van der Waals surface area contributed by atoms with Crippen LogP contribution in [0.5, 0.6) is 0 Å². The van der Waals surface area contributed by atoms with Gasteiger partial charge in [0.1, 0.15) is 11.5 Å². The number of hydrogen-bond acceptors (Lipinski definition) is 2. The van der Waals surface area contributed by atoms with Crippen LogP contribution in [0.3, 0.4) is 0 Å². The number of aryl methyl sites for hydroxylation is 2. The van der Waals surface area contributed by atoms with Gasteiger partial charge in [-0.25, -0.2) is 4.39 Å². The average Bonchev–Trinajstić information content (AvgIpc) is 2.22. The Morgan fingerprint density at radius 2 is 1.80 bits per heavy atom. The van der Waals surface area contributed by atoms with Crippen LogP contribution in [-0.2, 0) is 49.8 Å². The van der Waals surface area contributed by atoms with E-state index in [1.807, 2.05) is 20.3 Å². The first kappa shape index (κ1) is 20.5. The number of amides is 1. The van der Waals surface area contributed by atoms with Crippen LogP contribution in [0.4, 0.5) is 10.1 Å². The second kappa shape index (κ2) is 8.22. The molecule has 0 aliphatic carbocycles. The molecular weight excluding hydrogens is 369 g/mol. The quantitative estimate of drug-likeness (QED) is 0.624. The van der Waals surface area contributed by atoms with E-state index in [1.54, 1.807) is 13.8 Å². The topological polar surface area (TPSA) is 29.1 Å². The maximum Gasteiger partial charge on any atom is 0.263 e. The summed E-state index contributed by atoms with van der Waals surface area (Å²) in [6.45, 7) is 7.87. The van der Waals surface area contributed by atoms with Crippen LogP contribution in [-0.4, -0.2) is 24.9 Å². The second-order valence-electron chi connectivity index (χ2n) is 5.26. The summed E-state index contributed by atoms with van der Waals surface area (Å²) in [5.41, 5.74) is 2.04. The summed E-state index contributed by atoms with van der Waals surface area (Å²) in [5.74, 6) is -0.329. The second-order valence-corrected chi connectivity index (χ2v) is 11.6. The summed E-state index contributed by atoms with van der Waals surface area (Å²) in [6, 6.07) is 2.86. The van der Waals surface area contributed by atoms with Crippen LogP contribution in [0.1, 0.15) is 24.5 Å². The van der Waals surface area contributed by atoms with E-state index < -0.39 is 6.46 Å². The number of hydrogen-bond donors (Lipinski definition) is 1. The Morgan fingerprint density at radius 3 is 2.15 bits per heavy atom. The first-order valence-corrected chi connectivity index (χ1v) is 10.1.